The van der Waals surface area contributed by atoms with Gasteiger partial charge in [-0.1, -0.05) is 48.0 Å². The Morgan fingerprint density at radius 1 is 1.00 bits per heavy atom. The highest BCUT2D eigenvalue weighted by Crippen LogP contribution is 2.21. The summed E-state index contributed by atoms with van der Waals surface area (Å²) in [5.74, 6) is 0.196. The molecule has 1 atom stereocenters. The van der Waals surface area contributed by atoms with Crippen LogP contribution in [0.4, 0.5) is 5.69 Å². The lowest BCUT2D eigenvalue weighted by Crippen LogP contribution is -2.51. The van der Waals surface area contributed by atoms with Gasteiger partial charge in [-0.15, -0.1) is 12.4 Å². The number of anilines is 1. The predicted octanol–water partition coefficient (Wildman–Crippen LogP) is 4.16. The molecular weight excluding hydrogens is 343 g/mol. The molecule has 0 N–H and O–H groups in total. The highest BCUT2D eigenvalue weighted by Gasteiger charge is 2.26. The number of carbonyl (C=O) groups is 1. The number of piperazine rings is 1. The summed E-state index contributed by atoms with van der Waals surface area (Å²) >= 11 is 6.07. The SMILES string of the molecule is CC(C(=O)c1ccccc1)N1CCN(c2cccc(Cl)c2)CC1.Cl. The Morgan fingerprint density at radius 2 is 1.67 bits per heavy atom. The molecule has 3 nitrogen and oxygen atoms in total. The number of Topliss-reactive ketones (excluding diaryl/α,β-unsaturated/α-hetero) is 1. The normalized spacial score (nSPS) is 16.3. The van der Waals surface area contributed by atoms with Crippen LogP contribution >= 0.6 is 24.0 Å². The van der Waals surface area contributed by atoms with Crippen molar-refractivity contribution >= 4 is 35.5 Å². The minimum atomic E-state index is -0.0843. The molecule has 0 spiro atoms. The van der Waals surface area contributed by atoms with Gasteiger partial charge in [-0.3, -0.25) is 9.69 Å². The molecule has 1 aliphatic rings. The predicted molar refractivity (Wildman–Crippen MR) is 103 cm³/mol. The van der Waals surface area contributed by atoms with Crippen molar-refractivity contribution < 1.29 is 4.79 Å². The molecule has 1 saturated heterocycles. The molecule has 1 aliphatic heterocycles. The Kier molecular flexibility index (Phi) is 6.67. The number of halogens is 2. The van der Waals surface area contributed by atoms with E-state index >= 15 is 0 Å². The van der Waals surface area contributed by atoms with Crippen molar-refractivity contribution in [2.75, 3.05) is 31.1 Å². The quantitative estimate of drug-likeness (QED) is 0.761. The summed E-state index contributed by atoms with van der Waals surface area (Å²) in [6.07, 6.45) is 0. The van der Waals surface area contributed by atoms with E-state index in [1.807, 2.05) is 55.5 Å². The lowest BCUT2D eigenvalue weighted by molar-refractivity contribution is 0.0830. The Morgan fingerprint density at radius 3 is 2.29 bits per heavy atom. The first-order valence-electron chi connectivity index (χ1n) is 7.99. The van der Waals surface area contributed by atoms with Gasteiger partial charge in [0.05, 0.1) is 6.04 Å². The fourth-order valence-corrected chi connectivity index (χ4v) is 3.23. The van der Waals surface area contributed by atoms with Gasteiger partial charge in [-0.25, -0.2) is 0 Å². The average molecular weight is 365 g/mol. The van der Waals surface area contributed by atoms with Gasteiger partial charge in [0.2, 0.25) is 0 Å². The second-order valence-electron chi connectivity index (χ2n) is 5.91. The fraction of sp³-hybridized carbons (Fsp3) is 0.316. The van der Waals surface area contributed by atoms with E-state index < -0.39 is 0 Å². The smallest absolute Gasteiger partial charge is 0.179 e. The van der Waals surface area contributed by atoms with Crippen molar-refractivity contribution in [3.05, 3.63) is 65.2 Å². The van der Waals surface area contributed by atoms with Gasteiger partial charge in [0, 0.05) is 42.5 Å². The van der Waals surface area contributed by atoms with Crippen LogP contribution in [0.2, 0.25) is 5.02 Å². The Hall–Kier alpha value is -1.55. The number of hydrogen-bond donors (Lipinski definition) is 0. The van der Waals surface area contributed by atoms with Crippen LogP contribution in [0.1, 0.15) is 17.3 Å². The lowest BCUT2D eigenvalue weighted by Gasteiger charge is -2.38. The standard InChI is InChI=1S/C19H21ClN2O.ClH/c1-15(19(23)16-6-3-2-4-7-16)21-10-12-22(13-11-21)18-9-5-8-17(20)14-18;/h2-9,14-15H,10-13H2,1H3;1H. The van der Waals surface area contributed by atoms with Gasteiger partial charge in [0.1, 0.15) is 0 Å². The van der Waals surface area contributed by atoms with Crippen molar-refractivity contribution in [1.29, 1.82) is 0 Å². The molecule has 24 heavy (non-hydrogen) atoms. The number of nitrogens with zero attached hydrogens (tertiary/aromatic N) is 2. The first-order chi connectivity index (χ1) is 11.1. The van der Waals surface area contributed by atoms with Gasteiger partial charge in [-0.05, 0) is 25.1 Å². The van der Waals surface area contributed by atoms with Gasteiger partial charge in [-0.2, -0.15) is 0 Å². The molecule has 128 valence electrons. The topological polar surface area (TPSA) is 23.6 Å². The zero-order valence-electron chi connectivity index (χ0n) is 13.7. The summed E-state index contributed by atoms with van der Waals surface area (Å²) in [5, 5.41) is 0.762. The summed E-state index contributed by atoms with van der Waals surface area (Å²) < 4.78 is 0. The van der Waals surface area contributed by atoms with Crippen LogP contribution in [-0.2, 0) is 0 Å². The van der Waals surface area contributed by atoms with E-state index in [1.165, 1.54) is 0 Å². The van der Waals surface area contributed by atoms with Gasteiger partial charge >= 0.3 is 0 Å². The fourth-order valence-electron chi connectivity index (χ4n) is 3.05. The van der Waals surface area contributed by atoms with E-state index in [1.54, 1.807) is 0 Å². The maximum absolute atomic E-state index is 12.6. The van der Waals surface area contributed by atoms with Gasteiger partial charge in [0.15, 0.2) is 5.78 Å². The summed E-state index contributed by atoms with van der Waals surface area (Å²) in [5.41, 5.74) is 1.94. The van der Waals surface area contributed by atoms with Crippen LogP contribution in [0, 0.1) is 0 Å². The molecule has 2 aromatic carbocycles. The van der Waals surface area contributed by atoms with Crippen molar-refractivity contribution in [2.24, 2.45) is 0 Å². The minimum Gasteiger partial charge on any atom is -0.369 e. The number of carbonyl (C=O) groups excluding carboxylic acids is 1. The van der Waals surface area contributed by atoms with Crippen LogP contribution in [0.3, 0.4) is 0 Å². The third-order valence-corrected chi connectivity index (χ3v) is 4.71. The maximum atomic E-state index is 12.6. The number of rotatable bonds is 4. The third-order valence-electron chi connectivity index (χ3n) is 4.47. The highest BCUT2D eigenvalue weighted by molar-refractivity contribution is 6.30. The highest BCUT2D eigenvalue weighted by atomic mass is 35.5. The zero-order valence-corrected chi connectivity index (χ0v) is 15.3. The van der Waals surface area contributed by atoms with E-state index in [-0.39, 0.29) is 24.2 Å². The Balaban J connectivity index is 0.00000208. The van der Waals surface area contributed by atoms with Crippen LogP contribution in [0.5, 0.6) is 0 Å². The molecule has 5 heteroatoms. The summed E-state index contributed by atoms with van der Waals surface area (Å²) in [7, 11) is 0. The molecule has 1 unspecified atom stereocenters. The third kappa shape index (κ3) is 4.29. The van der Waals surface area contributed by atoms with Crippen LogP contribution < -0.4 is 4.90 Å². The van der Waals surface area contributed by atoms with Crippen LogP contribution in [0.15, 0.2) is 54.6 Å². The van der Waals surface area contributed by atoms with E-state index in [0.29, 0.717) is 0 Å². The van der Waals surface area contributed by atoms with E-state index in [4.69, 9.17) is 11.6 Å². The molecule has 0 radical (unpaired) electrons. The van der Waals surface area contributed by atoms with E-state index in [2.05, 4.69) is 15.9 Å². The molecule has 0 bridgehead atoms. The van der Waals surface area contributed by atoms with Crippen molar-refractivity contribution in [1.82, 2.24) is 4.90 Å². The molecule has 2 aromatic rings. The summed E-state index contributed by atoms with van der Waals surface area (Å²) in [6, 6.07) is 17.4. The summed E-state index contributed by atoms with van der Waals surface area (Å²) in [6.45, 7) is 5.59. The molecule has 3 rings (SSSR count). The number of benzene rings is 2. The molecule has 0 aliphatic carbocycles. The number of hydrogen-bond acceptors (Lipinski definition) is 3. The Bertz CT molecular complexity index is 670. The molecule has 1 fully saturated rings. The van der Waals surface area contributed by atoms with E-state index in [0.717, 1.165) is 42.5 Å². The van der Waals surface area contributed by atoms with Gasteiger partial charge < -0.3 is 4.90 Å². The average Bonchev–Trinajstić information content (AvgIpc) is 2.61. The van der Waals surface area contributed by atoms with Crippen molar-refractivity contribution in [3.8, 4) is 0 Å². The van der Waals surface area contributed by atoms with Gasteiger partial charge in [0.25, 0.3) is 0 Å². The number of ketones is 1. The summed E-state index contributed by atoms with van der Waals surface area (Å²) in [4.78, 5) is 17.1. The zero-order chi connectivity index (χ0) is 16.2. The van der Waals surface area contributed by atoms with Crippen molar-refractivity contribution in [3.63, 3.8) is 0 Å². The molecule has 1 heterocycles. The van der Waals surface area contributed by atoms with Crippen molar-refractivity contribution in [2.45, 2.75) is 13.0 Å². The molecular formula is C19H22Cl2N2O. The molecule has 0 aromatic heterocycles. The monoisotopic (exact) mass is 364 g/mol. The van der Waals surface area contributed by atoms with E-state index in [9.17, 15) is 4.79 Å². The minimum absolute atomic E-state index is 0. The molecule has 0 saturated carbocycles. The molecule has 0 amide bonds. The largest absolute Gasteiger partial charge is 0.369 e. The maximum Gasteiger partial charge on any atom is 0.179 e. The second-order valence-corrected chi connectivity index (χ2v) is 6.35. The first-order valence-corrected chi connectivity index (χ1v) is 8.37. The van der Waals surface area contributed by atoms with Crippen LogP contribution in [0.25, 0.3) is 0 Å². The second kappa shape index (κ2) is 8.52. The lowest BCUT2D eigenvalue weighted by atomic mass is 10.0. The Labute approximate surface area is 154 Å². The van der Waals surface area contributed by atoms with Crippen LogP contribution in [-0.4, -0.2) is 42.9 Å². The first kappa shape index (κ1) is 18.8.